The number of hydrogen-bond donors (Lipinski definition) is 1. The zero-order valence-electron chi connectivity index (χ0n) is 15.3. The quantitative estimate of drug-likeness (QED) is 0.402. The lowest BCUT2D eigenvalue weighted by Gasteiger charge is -2.12. The number of amides is 1. The van der Waals surface area contributed by atoms with Crippen molar-refractivity contribution in [2.75, 3.05) is 12.4 Å². The summed E-state index contributed by atoms with van der Waals surface area (Å²) in [5.74, 6) is -1.84. The molecule has 29 heavy (non-hydrogen) atoms. The number of ether oxygens (including phenoxy) is 3. The fourth-order valence-corrected chi connectivity index (χ4v) is 2.38. The van der Waals surface area contributed by atoms with Crippen molar-refractivity contribution in [3.63, 3.8) is 0 Å². The van der Waals surface area contributed by atoms with Crippen molar-refractivity contribution >= 4 is 23.3 Å². The lowest BCUT2D eigenvalue weighted by Crippen LogP contribution is -2.10. The molecule has 0 radical (unpaired) electrons. The van der Waals surface area contributed by atoms with E-state index in [1.165, 1.54) is 32.2 Å². The van der Waals surface area contributed by atoms with E-state index in [0.717, 1.165) is 12.1 Å². The highest BCUT2D eigenvalue weighted by molar-refractivity contribution is 5.93. The van der Waals surface area contributed by atoms with Gasteiger partial charge in [0.15, 0.2) is 11.5 Å². The van der Waals surface area contributed by atoms with Gasteiger partial charge in [0.2, 0.25) is 5.91 Å². The Kier molecular flexibility index (Phi) is 7.01. The van der Waals surface area contributed by atoms with E-state index in [1.54, 1.807) is 6.07 Å². The van der Waals surface area contributed by atoms with Crippen LogP contribution >= 0.6 is 0 Å². The van der Waals surface area contributed by atoms with E-state index in [2.05, 4.69) is 10.1 Å². The van der Waals surface area contributed by atoms with Crippen LogP contribution in [0.25, 0.3) is 0 Å². The van der Waals surface area contributed by atoms with E-state index in [-0.39, 0.29) is 22.8 Å². The second kappa shape index (κ2) is 9.44. The Labute approximate surface area is 163 Å². The minimum absolute atomic E-state index is 0.0835. The number of carbonyl (C=O) groups excluding carboxylic acids is 2. The second-order valence-electron chi connectivity index (χ2n) is 5.61. The number of carbonyl (C=O) groups is 2. The maximum absolute atomic E-state index is 12.5. The number of rotatable bonds is 8. The van der Waals surface area contributed by atoms with Gasteiger partial charge in [0.05, 0.1) is 29.2 Å². The second-order valence-corrected chi connectivity index (χ2v) is 5.61. The summed E-state index contributed by atoms with van der Waals surface area (Å²) in [4.78, 5) is 33.8. The molecule has 0 aliphatic carbocycles. The summed E-state index contributed by atoms with van der Waals surface area (Å²) in [5, 5.41) is 13.8. The fraction of sp³-hybridized carbons (Fsp3) is 0.222. The molecule has 0 aliphatic heterocycles. The Morgan fingerprint density at radius 3 is 2.52 bits per heavy atom. The van der Waals surface area contributed by atoms with Crippen LogP contribution in [-0.4, -0.2) is 30.5 Å². The van der Waals surface area contributed by atoms with Crippen molar-refractivity contribution in [3.05, 3.63) is 57.6 Å². The monoisotopic (exact) mass is 410 g/mol. The van der Waals surface area contributed by atoms with E-state index in [9.17, 15) is 28.5 Å². The lowest BCUT2D eigenvalue weighted by molar-refractivity contribution is -0.386. The minimum Gasteiger partial charge on any atom is -0.493 e. The van der Waals surface area contributed by atoms with Gasteiger partial charge >= 0.3 is 12.6 Å². The fourth-order valence-electron chi connectivity index (χ4n) is 2.38. The van der Waals surface area contributed by atoms with Crippen molar-refractivity contribution in [1.82, 2.24) is 0 Å². The van der Waals surface area contributed by atoms with Crippen LogP contribution in [0.4, 0.5) is 20.2 Å². The van der Waals surface area contributed by atoms with Gasteiger partial charge in [-0.3, -0.25) is 14.9 Å². The molecular formula is C18H16F2N2O7. The molecule has 0 saturated heterocycles. The molecule has 0 saturated carbocycles. The molecule has 0 bridgehead atoms. The maximum atomic E-state index is 12.5. The van der Waals surface area contributed by atoms with Crippen LogP contribution in [0.15, 0.2) is 36.4 Å². The third-order valence-electron chi connectivity index (χ3n) is 3.56. The van der Waals surface area contributed by atoms with E-state index < -0.39 is 35.5 Å². The van der Waals surface area contributed by atoms with E-state index >= 15 is 0 Å². The van der Waals surface area contributed by atoms with Gasteiger partial charge in [-0.15, -0.1) is 0 Å². The van der Waals surface area contributed by atoms with E-state index in [4.69, 9.17) is 9.47 Å². The van der Waals surface area contributed by atoms with Crippen molar-refractivity contribution < 1.29 is 37.5 Å². The Bertz CT molecular complexity index is 934. The number of halogens is 2. The number of alkyl halides is 2. The normalized spacial score (nSPS) is 10.4. The summed E-state index contributed by atoms with van der Waals surface area (Å²) in [6, 6.07) is 7.74. The Hall–Kier alpha value is -3.76. The van der Waals surface area contributed by atoms with Gasteiger partial charge in [0, 0.05) is 12.6 Å². The van der Waals surface area contributed by atoms with Gasteiger partial charge in [-0.1, -0.05) is 6.07 Å². The molecule has 154 valence electrons. The smallest absolute Gasteiger partial charge is 0.387 e. The molecule has 0 fully saturated rings. The number of nitrogens with zero attached hydrogens (tertiary/aromatic N) is 1. The molecule has 9 nitrogen and oxygen atoms in total. The van der Waals surface area contributed by atoms with Gasteiger partial charge in [-0.05, 0) is 24.3 Å². The third-order valence-corrected chi connectivity index (χ3v) is 3.56. The highest BCUT2D eigenvalue weighted by atomic mass is 19.3. The van der Waals surface area contributed by atoms with Crippen LogP contribution in [0.3, 0.4) is 0 Å². The van der Waals surface area contributed by atoms with Crippen molar-refractivity contribution in [2.24, 2.45) is 0 Å². The summed E-state index contributed by atoms with van der Waals surface area (Å²) in [7, 11) is 1.17. The van der Waals surface area contributed by atoms with Gasteiger partial charge in [-0.25, -0.2) is 4.79 Å². The summed E-state index contributed by atoms with van der Waals surface area (Å²) in [6.45, 7) is -2.42. The first-order valence-corrected chi connectivity index (χ1v) is 8.06. The molecule has 0 atom stereocenters. The SMILES string of the molecule is COc1cc(COC(=O)c2cccc(NC(C)=O)c2)c([N+](=O)[O-])cc1OC(F)F. The first-order chi connectivity index (χ1) is 13.7. The van der Waals surface area contributed by atoms with Gasteiger partial charge in [0.1, 0.15) is 6.61 Å². The van der Waals surface area contributed by atoms with Crippen LogP contribution in [0, 0.1) is 10.1 Å². The molecule has 1 amide bonds. The molecule has 2 rings (SSSR count). The molecule has 0 aromatic heterocycles. The molecule has 0 aliphatic rings. The first kappa shape index (κ1) is 21.5. The Balaban J connectivity index is 2.24. The maximum Gasteiger partial charge on any atom is 0.387 e. The number of anilines is 1. The number of nitro groups is 1. The Morgan fingerprint density at radius 2 is 1.93 bits per heavy atom. The summed E-state index contributed by atoms with van der Waals surface area (Å²) in [5.41, 5.74) is -0.197. The summed E-state index contributed by atoms with van der Waals surface area (Å²) < 4.78 is 39.2. The van der Waals surface area contributed by atoms with Gasteiger partial charge in [0.25, 0.3) is 5.69 Å². The van der Waals surface area contributed by atoms with Crippen LogP contribution in [-0.2, 0) is 16.1 Å². The van der Waals surface area contributed by atoms with Crippen LogP contribution in [0.2, 0.25) is 0 Å². The number of benzene rings is 2. The topological polar surface area (TPSA) is 117 Å². The molecule has 0 heterocycles. The van der Waals surface area contributed by atoms with Crippen LogP contribution in [0.1, 0.15) is 22.8 Å². The standard InChI is InChI=1S/C18H16F2N2O7/c1-10(23)21-13-5-3-4-11(6-13)17(24)28-9-12-7-15(27-2)16(29-18(19)20)8-14(12)22(25)26/h3-8,18H,9H2,1-2H3,(H,21,23). The predicted molar refractivity (Wildman–Crippen MR) is 96.1 cm³/mol. The lowest BCUT2D eigenvalue weighted by atomic mass is 10.1. The summed E-state index contributed by atoms with van der Waals surface area (Å²) in [6.07, 6.45) is 0. The average Bonchev–Trinajstić information content (AvgIpc) is 2.65. The number of nitro benzene ring substituents is 1. The average molecular weight is 410 g/mol. The highest BCUT2D eigenvalue weighted by Crippen LogP contribution is 2.36. The molecule has 0 unspecified atom stereocenters. The largest absolute Gasteiger partial charge is 0.493 e. The molecule has 2 aromatic rings. The Morgan fingerprint density at radius 1 is 1.21 bits per heavy atom. The van der Waals surface area contributed by atoms with Crippen molar-refractivity contribution in [1.29, 1.82) is 0 Å². The molecule has 11 heteroatoms. The number of esters is 1. The third kappa shape index (κ3) is 5.86. The summed E-state index contributed by atoms with van der Waals surface area (Å²) >= 11 is 0. The van der Waals surface area contributed by atoms with Gasteiger partial charge in [-0.2, -0.15) is 8.78 Å². The molecular weight excluding hydrogens is 394 g/mol. The predicted octanol–water partition coefficient (Wildman–Crippen LogP) is 3.52. The number of methoxy groups -OCH3 is 1. The molecule has 2 aromatic carbocycles. The number of nitrogens with one attached hydrogen (secondary N) is 1. The zero-order chi connectivity index (χ0) is 21.6. The van der Waals surface area contributed by atoms with E-state index in [0.29, 0.717) is 5.69 Å². The minimum atomic E-state index is -3.21. The van der Waals surface area contributed by atoms with E-state index in [1.807, 2.05) is 0 Å². The first-order valence-electron chi connectivity index (χ1n) is 8.06. The van der Waals surface area contributed by atoms with Crippen molar-refractivity contribution in [2.45, 2.75) is 20.1 Å². The number of hydrogen-bond acceptors (Lipinski definition) is 7. The molecule has 1 N–H and O–H groups in total. The molecule has 0 spiro atoms. The van der Waals surface area contributed by atoms with Crippen molar-refractivity contribution in [3.8, 4) is 11.5 Å². The highest BCUT2D eigenvalue weighted by Gasteiger charge is 2.23. The zero-order valence-corrected chi connectivity index (χ0v) is 15.3. The van der Waals surface area contributed by atoms with Crippen LogP contribution in [0.5, 0.6) is 11.5 Å². The van der Waals surface area contributed by atoms with Gasteiger partial charge < -0.3 is 19.5 Å². The van der Waals surface area contributed by atoms with Crippen LogP contribution < -0.4 is 14.8 Å².